The van der Waals surface area contributed by atoms with Gasteiger partial charge in [-0.2, -0.15) is 0 Å². The van der Waals surface area contributed by atoms with E-state index in [1.807, 2.05) is 0 Å². The zero-order valence-corrected chi connectivity index (χ0v) is 12.8. The van der Waals surface area contributed by atoms with E-state index in [0.29, 0.717) is 18.5 Å². The van der Waals surface area contributed by atoms with Crippen LogP contribution in [0.1, 0.15) is 25.8 Å². The van der Waals surface area contributed by atoms with Gasteiger partial charge in [0.25, 0.3) is 0 Å². The first-order chi connectivity index (χ1) is 10.7. The van der Waals surface area contributed by atoms with E-state index in [-0.39, 0.29) is 11.6 Å². The fourth-order valence-corrected chi connectivity index (χ4v) is 3.30. The fourth-order valence-electron chi connectivity index (χ4n) is 3.30. The van der Waals surface area contributed by atoms with E-state index < -0.39 is 34.9 Å². The molecular weight excluding hydrogens is 303 g/mol. The molecule has 2 atom stereocenters. The molecule has 23 heavy (non-hydrogen) atoms. The summed E-state index contributed by atoms with van der Waals surface area (Å²) in [6, 6.07) is 2.67. The van der Waals surface area contributed by atoms with Gasteiger partial charge in [-0.3, -0.25) is 14.4 Å². The third kappa shape index (κ3) is 2.56. The molecule has 0 saturated heterocycles. The van der Waals surface area contributed by atoms with Crippen molar-refractivity contribution in [2.24, 2.45) is 17.3 Å². The number of rotatable bonds is 3. The van der Waals surface area contributed by atoms with Crippen molar-refractivity contribution in [2.75, 3.05) is 10.6 Å². The maximum Gasteiger partial charge on any atom is 0.307 e. The lowest BCUT2D eigenvalue weighted by Gasteiger charge is -2.18. The van der Waals surface area contributed by atoms with E-state index in [1.54, 1.807) is 13.8 Å². The topological polar surface area (TPSA) is 95.5 Å². The molecule has 1 aromatic rings. The molecular formula is C16H17FN2O4. The maximum atomic E-state index is 14.1. The van der Waals surface area contributed by atoms with Gasteiger partial charge in [0.05, 0.1) is 17.5 Å². The lowest BCUT2D eigenvalue weighted by molar-refractivity contribution is -0.140. The van der Waals surface area contributed by atoms with Crippen LogP contribution < -0.4 is 10.6 Å². The Bertz CT molecular complexity index is 729. The van der Waals surface area contributed by atoms with E-state index in [0.717, 1.165) is 5.56 Å². The fraction of sp³-hybridized carbons (Fsp3) is 0.438. The molecule has 7 heteroatoms. The molecule has 0 spiro atoms. The average Bonchev–Trinajstić information content (AvgIpc) is 3.03. The first kappa shape index (κ1) is 15.5. The molecule has 1 fully saturated rings. The number of aryl methyl sites for hydroxylation is 1. The summed E-state index contributed by atoms with van der Waals surface area (Å²) in [5.41, 5.74) is 0.518. The van der Waals surface area contributed by atoms with Crippen molar-refractivity contribution in [3.63, 3.8) is 0 Å². The molecule has 1 heterocycles. The smallest absolute Gasteiger partial charge is 0.307 e. The quantitative estimate of drug-likeness (QED) is 0.794. The van der Waals surface area contributed by atoms with Gasteiger partial charge in [0.15, 0.2) is 0 Å². The highest BCUT2D eigenvalue weighted by Gasteiger charge is 2.65. The molecule has 1 aliphatic heterocycles. The zero-order chi connectivity index (χ0) is 16.9. The number of hydrogen-bond acceptors (Lipinski definition) is 3. The number of nitrogens with one attached hydrogen (secondary N) is 2. The SMILES string of the molecule is CC1(C)[C@H](C(=O)O)[C@@H]1C(=O)Nc1cc2c(cc1F)NC(=O)CC2. The molecule has 2 aliphatic rings. The number of amides is 2. The van der Waals surface area contributed by atoms with Crippen LogP contribution in [0.25, 0.3) is 0 Å². The number of hydrogen-bond donors (Lipinski definition) is 3. The molecule has 6 nitrogen and oxygen atoms in total. The molecule has 1 aliphatic carbocycles. The van der Waals surface area contributed by atoms with Gasteiger partial charge in [-0.25, -0.2) is 4.39 Å². The molecule has 0 radical (unpaired) electrons. The van der Waals surface area contributed by atoms with E-state index in [9.17, 15) is 18.8 Å². The summed E-state index contributed by atoms with van der Waals surface area (Å²) in [5.74, 6) is -3.80. The molecule has 0 bridgehead atoms. The maximum absolute atomic E-state index is 14.1. The van der Waals surface area contributed by atoms with Crippen molar-refractivity contribution in [3.05, 3.63) is 23.5 Å². The van der Waals surface area contributed by atoms with Crippen LogP contribution in [0, 0.1) is 23.1 Å². The summed E-state index contributed by atoms with van der Waals surface area (Å²) in [6.07, 6.45) is 0.778. The van der Waals surface area contributed by atoms with Crippen LogP contribution in [0.4, 0.5) is 15.8 Å². The Morgan fingerprint density at radius 3 is 2.61 bits per heavy atom. The molecule has 0 unspecified atom stereocenters. The zero-order valence-electron chi connectivity index (χ0n) is 12.8. The molecule has 0 aromatic heterocycles. The molecule has 3 rings (SSSR count). The molecule has 1 aromatic carbocycles. The second-order valence-electron chi connectivity index (χ2n) is 6.64. The Morgan fingerprint density at radius 1 is 1.30 bits per heavy atom. The van der Waals surface area contributed by atoms with Crippen LogP contribution in [-0.4, -0.2) is 22.9 Å². The molecule has 3 N–H and O–H groups in total. The van der Waals surface area contributed by atoms with Crippen LogP contribution in [0.2, 0.25) is 0 Å². The Labute approximate surface area is 132 Å². The van der Waals surface area contributed by atoms with E-state index in [2.05, 4.69) is 10.6 Å². The van der Waals surface area contributed by atoms with Crippen LogP contribution in [-0.2, 0) is 20.8 Å². The van der Waals surface area contributed by atoms with Crippen molar-refractivity contribution in [1.29, 1.82) is 0 Å². The summed E-state index contributed by atoms with van der Waals surface area (Å²) < 4.78 is 14.1. The van der Waals surface area contributed by atoms with Crippen molar-refractivity contribution in [2.45, 2.75) is 26.7 Å². The number of carboxylic acid groups (broad SMARTS) is 1. The Hall–Kier alpha value is -2.44. The molecule has 2 amide bonds. The summed E-state index contributed by atoms with van der Waals surface area (Å²) >= 11 is 0. The second kappa shape index (κ2) is 5.04. The lowest BCUT2D eigenvalue weighted by Crippen LogP contribution is -2.21. The van der Waals surface area contributed by atoms with Crippen molar-refractivity contribution in [3.8, 4) is 0 Å². The van der Waals surface area contributed by atoms with E-state index in [1.165, 1.54) is 12.1 Å². The van der Waals surface area contributed by atoms with Crippen LogP contribution in [0.15, 0.2) is 12.1 Å². The van der Waals surface area contributed by atoms with Gasteiger partial charge >= 0.3 is 5.97 Å². The number of benzene rings is 1. The van der Waals surface area contributed by atoms with Crippen molar-refractivity contribution in [1.82, 2.24) is 0 Å². The van der Waals surface area contributed by atoms with E-state index >= 15 is 0 Å². The number of aliphatic carboxylic acids is 1. The van der Waals surface area contributed by atoms with Gasteiger partial charge in [0.1, 0.15) is 5.82 Å². The normalized spacial score (nSPS) is 24.4. The minimum absolute atomic E-state index is 0.0109. The standard InChI is InChI=1S/C16H17FN2O4/c1-16(2)12(13(16)15(22)23)14(21)19-10-5-7-3-4-11(20)18-9(7)6-8(10)17/h5-6,12-13H,3-4H2,1-2H3,(H,18,20)(H,19,21)(H,22,23)/t12-,13+/m1/s1. The molecule has 122 valence electrons. The van der Waals surface area contributed by atoms with Gasteiger partial charge < -0.3 is 15.7 Å². The van der Waals surface area contributed by atoms with Crippen LogP contribution in [0.5, 0.6) is 0 Å². The molecule has 1 saturated carbocycles. The number of fused-ring (bicyclic) bond motifs is 1. The van der Waals surface area contributed by atoms with Gasteiger partial charge in [0, 0.05) is 12.1 Å². The number of anilines is 2. The highest BCUT2D eigenvalue weighted by Crippen LogP contribution is 2.58. The van der Waals surface area contributed by atoms with Gasteiger partial charge in [-0.15, -0.1) is 0 Å². The van der Waals surface area contributed by atoms with Crippen molar-refractivity contribution >= 4 is 29.2 Å². The number of halogens is 1. The third-order valence-electron chi connectivity index (χ3n) is 4.72. The highest BCUT2D eigenvalue weighted by molar-refractivity contribution is 6.00. The summed E-state index contributed by atoms with van der Waals surface area (Å²) in [4.78, 5) is 34.7. The van der Waals surface area contributed by atoms with Crippen LogP contribution in [0.3, 0.4) is 0 Å². The predicted molar refractivity (Wildman–Crippen MR) is 80.4 cm³/mol. The van der Waals surface area contributed by atoms with E-state index in [4.69, 9.17) is 5.11 Å². The van der Waals surface area contributed by atoms with Crippen LogP contribution >= 0.6 is 0 Å². The summed E-state index contributed by atoms with van der Waals surface area (Å²) in [7, 11) is 0. The predicted octanol–water partition coefficient (Wildman–Crippen LogP) is 2.01. The summed E-state index contributed by atoms with van der Waals surface area (Å²) in [5, 5.41) is 14.2. The number of carbonyl (C=O) groups is 3. The second-order valence-corrected chi connectivity index (χ2v) is 6.64. The van der Waals surface area contributed by atoms with Gasteiger partial charge in [-0.05, 0) is 29.5 Å². The van der Waals surface area contributed by atoms with Gasteiger partial charge in [0.2, 0.25) is 11.8 Å². The Balaban J connectivity index is 1.80. The minimum atomic E-state index is -1.02. The largest absolute Gasteiger partial charge is 0.481 e. The average molecular weight is 320 g/mol. The first-order valence-corrected chi connectivity index (χ1v) is 7.37. The Kier molecular flexibility index (Phi) is 3.39. The monoisotopic (exact) mass is 320 g/mol. The number of carboxylic acids is 1. The highest BCUT2D eigenvalue weighted by atomic mass is 19.1. The number of carbonyl (C=O) groups excluding carboxylic acids is 2. The Morgan fingerprint density at radius 2 is 2.00 bits per heavy atom. The van der Waals surface area contributed by atoms with Crippen molar-refractivity contribution < 1.29 is 23.9 Å². The summed E-state index contributed by atoms with van der Waals surface area (Å²) in [6.45, 7) is 3.41. The first-order valence-electron chi connectivity index (χ1n) is 7.37. The minimum Gasteiger partial charge on any atom is -0.481 e. The third-order valence-corrected chi connectivity index (χ3v) is 4.72. The lowest BCUT2D eigenvalue weighted by atomic mass is 10.0. The van der Waals surface area contributed by atoms with Gasteiger partial charge in [-0.1, -0.05) is 13.8 Å².